The fourth-order valence-corrected chi connectivity index (χ4v) is 3.54. The van der Waals surface area contributed by atoms with Gasteiger partial charge < -0.3 is 10.1 Å². The van der Waals surface area contributed by atoms with Crippen molar-refractivity contribution >= 4 is 17.4 Å². The summed E-state index contributed by atoms with van der Waals surface area (Å²) in [4.78, 5) is 9.04. The van der Waals surface area contributed by atoms with Crippen LogP contribution in [0.2, 0.25) is 0 Å². The number of unbranched alkanes of at least 4 members (excludes halogenated alkanes) is 1. The Hall–Kier alpha value is -2.67. The van der Waals surface area contributed by atoms with Crippen molar-refractivity contribution in [3.8, 4) is 17.1 Å². The molecule has 3 heterocycles. The lowest BCUT2D eigenvalue weighted by Gasteiger charge is -2.18. The number of benzene rings is 1. The summed E-state index contributed by atoms with van der Waals surface area (Å²) >= 11 is 1.60. The fourth-order valence-electron chi connectivity index (χ4n) is 2.68. The lowest BCUT2D eigenvalue weighted by molar-refractivity contribution is 0.220. The van der Waals surface area contributed by atoms with Crippen LogP contribution in [-0.2, 0) is 0 Å². The number of thioether (sulfide) groups is 1. The first-order valence-corrected chi connectivity index (χ1v) is 9.64. The molecule has 1 aromatic carbocycles. The number of rotatable bonds is 5. The van der Waals surface area contributed by atoms with Gasteiger partial charge in [-0.15, -0.1) is 10.2 Å². The highest BCUT2D eigenvalue weighted by molar-refractivity contribution is 7.99. The molecule has 0 saturated carbocycles. The van der Waals surface area contributed by atoms with E-state index in [4.69, 9.17) is 4.74 Å². The monoisotopic (exact) mass is 365 g/mol. The number of aromatic nitrogens is 4. The quantitative estimate of drug-likeness (QED) is 0.533. The topological polar surface area (TPSA) is 72.8 Å². The molecule has 0 saturated heterocycles. The van der Waals surface area contributed by atoms with Gasteiger partial charge in [0.05, 0.1) is 0 Å². The third-order valence-electron chi connectivity index (χ3n) is 4.02. The Morgan fingerprint density at radius 3 is 2.85 bits per heavy atom. The van der Waals surface area contributed by atoms with Crippen molar-refractivity contribution in [2.45, 2.75) is 31.1 Å². The van der Waals surface area contributed by atoms with Crippen molar-refractivity contribution in [3.05, 3.63) is 54.4 Å². The van der Waals surface area contributed by atoms with E-state index in [-0.39, 0.29) is 0 Å². The molecule has 0 aliphatic carbocycles. The summed E-state index contributed by atoms with van der Waals surface area (Å²) in [6, 6.07) is 13.7. The second-order valence-corrected chi connectivity index (χ2v) is 6.95. The normalized spacial score (nSPS) is 15.2. The number of hydrogen-bond acceptors (Lipinski definition) is 7. The van der Waals surface area contributed by atoms with Crippen molar-refractivity contribution in [2.24, 2.45) is 0 Å². The highest BCUT2D eigenvalue weighted by Crippen LogP contribution is 2.39. The maximum atomic E-state index is 6.17. The average Bonchev–Trinajstić information content (AvgIpc) is 2.85. The molecule has 6 nitrogen and oxygen atoms in total. The van der Waals surface area contributed by atoms with Gasteiger partial charge >= 0.3 is 0 Å². The molecule has 132 valence electrons. The van der Waals surface area contributed by atoms with Gasteiger partial charge in [0, 0.05) is 23.2 Å². The van der Waals surface area contributed by atoms with Crippen LogP contribution in [0.3, 0.4) is 0 Å². The number of ether oxygens (including phenoxy) is 1. The van der Waals surface area contributed by atoms with Gasteiger partial charge in [-0.3, -0.25) is 4.98 Å². The van der Waals surface area contributed by atoms with Gasteiger partial charge in [-0.05, 0) is 24.6 Å². The fraction of sp³-hybridized carbons (Fsp3) is 0.263. The summed E-state index contributed by atoms with van der Waals surface area (Å²) in [6.07, 6.45) is 3.57. The molecule has 7 heteroatoms. The zero-order valence-electron chi connectivity index (χ0n) is 14.4. The molecule has 1 aliphatic rings. The van der Waals surface area contributed by atoms with Crippen molar-refractivity contribution in [1.29, 1.82) is 0 Å². The van der Waals surface area contributed by atoms with Gasteiger partial charge in [-0.2, -0.15) is 4.98 Å². The molecule has 1 N–H and O–H groups in total. The Morgan fingerprint density at radius 1 is 1.12 bits per heavy atom. The molecule has 1 unspecified atom stereocenters. The van der Waals surface area contributed by atoms with E-state index in [1.807, 2.05) is 42.5 Å². The predicted octanol–water partition coefficient (Wildman–Crippen LogP) is 4.33. The Kier molecular flexibility index (Phi) is 4.97. The van der Waals surface area contributed by atoms with E-state index in [9.17, 15) is 0 Å². The minimum Gasteiger partial charge on any atom is -0.446 e. The van der Waals surface area contributed by atoms with Crippen LogP contribution in [0, 0.1) is 0 Å². The maximum Gasteiger partial charge on any atom is 0.247 e. The number of para-hydroxylation sites is 1. The highest BCUT2D eigenvalue weighted by Gasteiger charge is 2.26. The van der Waals surface area contributed by atoms with Crippen molar-refractivity contribution in [1.82, 2.24) is 20.2 Å². The zero-order valence-corrected chi connectivity index (χ0v) is 15.2. The van der Waals surface area contributed by atoms with Gasteiger partial charge in [0.25, 0.3) is 0 Å². The smallest absolute Gasteiger partial charge is 0.247 e. The zero-order chi connectivity index (χ0) is 17.8. The first kappa shape index (κ1) is 16.8. The van der Waals surface area contributed by atoms with Crippen LogP contribution in [0.15, 0.2) is 53.8 Å². The van der Waals surface area contributed by atoms with E-state index in [1.54, 1.807) is 18.0 Å². The van der Waals surface area contributed by atoms with Gasteiger partial charge in [-0.25, -0.2) is 0 Å². The van der Waals surface area contributed by atoms with Crippen LogP contribution in [0.25, 0.3) is 11.3 Å². The molecule has 0 radical (unpaired) electrons. The standard InChI is InChI=1S/C19H19N5OS/c1-2-3-12-26-19-22-18-16(23-24-19)13-8-4-5-9-14(13)21-17(25-18)15-10-6-7-11-20-15/h4-11,17,21H,2-3,12H2,1H3. The molecule has 0 spiro atoms. The molecular formula is C19H19N5OS. The number of hydrogen-bond donors (Lipinski definition) is 1. The first-order chi connectivity index (χ1) is 12.8. The van der Waals surface area contributed by atoms with Gasteiger partial charge in [-0.1, -0.05) is 49.4 Å². The summed E-state index contributed by atoms with van der Waals surface area (Å²) in [5.41, 5.74) is 3.27. The molecule has 0 bridgehead atoms. The Morgan fingerprint density at radius 2 is 2.00 bits per heavy atom. The average molecular weight is 365 g/mol. The van der Waals surface area contributed by atoms with Gasteiger partial charge in [0.15, 0.2) is 5.69 Å². The van der Waals surface area contributed by atoms with E-state index in [0.29, 0.717) is 16.7 Å². The number of nitrogens with one attached hydrogen (secondary N) is 1. The Labute approximate surface area is 156 Å². The van der Waals surface area contributed by atoms with Crippen molar-refractivity contribution in [3.63, 3.8) is 0 Å². The second-order valence-electron chi connectivity index (χ2n) is 5.89. The summed E-state index contributed by atoms with van der Waals surface area (Å²) in [5.74, 6) is 1.45. The van der Waals surface area contributed by atoms with E-state index in [1.165, 1.54) is 0 Å². The maximum absolute atomic E-state index is 6.17. The van der Waals surface area contributed by atoms with E-state index >= 15 is 0 Å². The number of pyridine rings is 1. The lowest BCUT2D eigenvalue weighted by atomic mass is 10.1. The van der Waals surface area contributed by atoms with E-state index < -0.39 is 6.23 Å². The largest absolute Gasteiger partial charge is 0.446 e. The van der Waals surface area contributed by atoms with Crippen molar-refractivity contribution < 1.29 is 4.74 Å². The van der Waals surface area contributed by atoms with E-state index in [2.05, 4.69) is 32.4 Å². The molecule has 1 atom stereocenters. The molecule has 0 amide bonds. The molecule has 2 aromatic heterocycles. The van der Waals surface area contributed by atoms with Crippen molar-refractivity contribution in [2.75, 3.05) is 11.1 Å². The molecular weight excluding hydrogens is 346 g/mol. The van der Waals surface area contributed by atoms with E-state index in [0.717, 1.165) is 35.5 Å². The molecule has 0 fully saturated rings. The Balaban J connectivity index is 1.74. The van der Waals surface area contributed by atoms with Crippen LogP contribution >= 0.6 is 11.8 Å². The minimum absolute atomic E-state index is 0.441. The number of nitrogens with zero attached hydrogens (tertiary/aromatic N) is 4. The van der Waals surface area contributed by atoms with Gasteiger partial charge in [0.2, 0.25) is 17.3 Å². The van der Waals surface area contributed by atoms with Crippen LogP contribution in [0.5, 0.6) is 5.88 Å². The van der Waals surface area contributed by atoms with Gasteiger partial charge in [0.1, 0.15) is 5.69 Å². The highest BCUT2D eigenvalue weighted by atomic mass is 32.2. The van der Waals surface area contributed by atoms with Crippen LogP contribution < -0.4 is 10.1 Å². The summed E-state index contributed by atoms with van der Waals surface area (Å²) in [7, 11) is 0. The summed E-state index contributed by atoms with van der Waals surface area (Å²) in [5, 5.41) is 12.7. The Bertz CT molecular complexity index is 890. The summed E-state index contributed by atoms with van der Waals surface area (Å²) in [6.45, 7) is 2.17. The first-order valence-electron chi connectivity index (χ1n) is 8.66. The van der Waals surface area contributed by atoms with Crippen LogP contribution in [0.4, 0.5) is 5.69 Å². The minimum atomic E-state index is -0.441. The summed E-state index contributed by atoms with van der Waals surface area (Å²) < 4.78 is 6.17. The molecule has 1 aliphatic heterocycles. The van der Waals surface area contributed by atoms with Crippen LogP contribution in [0.1, 0.15) is 31.7 Å². The molecule has 3 aromatic rings. The van der Waals surface area contributed by atoms with Crippen LogP contribution in [-0.4, -0.2) is 25.9 Å². The second kappa shape index (κ2) is 7.70. The number of anilines is 1. The SMILES string of the molecule is CCCCSc1nnc2c(n1)OC(c1ccccn1)Nc1ccccc1-2. The molecule has 26 heavy (non-hydrogen) atoms. The third-order valence-corrected chi connectivity index (χ3v) is 4.94. The molecule has 4 rings (SSSR count). The predicted molar refractivity (Wildman–Crippen MR) is 102 cm³/mol. The lowest BCUT2D eigenvalue weighted by Crippen LogP contribution is -2.18. The number of fused-ring (bicyclic) bond motifs is 3. The third kappa shape index (κ3) is 3.48.